The molecule has 0 aliphatic rings. The molecule has 0 aliphatic carbocycles. The van der Waals surface area contributed by atoms with Gasteiger partial charge in [0.15, 0.2) is 0 Å². The molecular weight excluding hydrogens is 124 g/mol. The third-order valence-corrected chi connectivity index (χ3v) is 1.09. The van der Waals surface area contributed by atoms with Gasteiger partial charge in [0.2, 0.25) is 0 Å². The van der Waals surface area contributed by atoms with Crippen LogP contribution in [0.5, 0.6) is 0 Å². The first kappa shape index (κ1) is 8.93. The van der Waals surface area contributed by atoms with Crippen LogP contribution < -0.4 is 5.73 Å². The van der Waals surface area contributed by atoms with Crippen molar-refractivity contribution in [2.45, 2.75) is 6.42 Å². The maximum atomic E-state index is 8.49. The van der Waals surface area contributed by atoms with Gasteiger partial charge in [0.05, 0.1) is 12.0 Å². The Balaban J connectivity index is 3.73. The maximum absolute atomic E-state index is 8.49. The van der Waals surface area contributed by atoms with Gasteiger partial charge in [-0.15, -0.1) is 6.58 Å². The molecule has 0 rings (SSSR count). The molecule has 0 fully saturated rings. The van der Waals surface area contributed by atoms with Crippen molar-refractivity contribution >= 4 is 0 Å². The SMILES string of the molecule is C=CCC(C#N)/C=C\CN. The molecule has 1 atom stereocenters. The topological polar surface area (TPSA) is 49.8 Å². The van der Waals surface area contributed by atoms with E-state index in [2.05, 4.69) is 12.6 Å². The number of hydrogen-bond acceptors (Lipinski definition) is 2. The van der Waals surface area contributed by atoms with Crippen LogP contribution in [0.2, 0.25) is 0 Å². The monoisotopic (exact) mass is 136 g/mol. The third kappa shape index (κ3) is 3.88. The highest BCUT2D eigenvalue weighted by Crippen LogP contribution is 2.02. The van der Waals surface area contributed by atoms with Gasteiger partial charge >= 0.3 is 0 Å². The molecule has 0 aromatic rings. The summed E-state index contributed by atoms with van der Waals surface area (Å²) in [6.07, 6.45) is 6.03. The van der Waals surface area contributed by atoms with Crippen LogP contribution in [0.1, 0.15) is 6.42 Å². The summed E-state index contributed by atoms with van der Waals surface area (Å²) in [6, 6.07) is 2.12. The van der Waals surface area contributed by atoms with Crippen molar-refractivity contribution in [3.63, 3.8) is 0 Å². The van der Waals surface area contributed by atoms with Crippen LogP contribution in [-0.4, -0.2) is 6.54 Å². The number of nitrogens with zero attached hydrogens (tertiary/aromatic N) is 1. The minimum atomic E-state index is -0.0546. The van der Waals surface area contributed by atoms with Gasteiger partial charge in [-0.1, -0.05) is 18.2 Å². The Kier molecular flexibility index (Phi) is 5.41. The van der Waals surface area contributed by atoms with Crippen molar-refractivity contribution in [1.82, 2.24) is 0 Å². The summed E-state index contributed by atoms with van der Waals surface area (Å²) in [5.74, 6) is -0.0546. The van der Waals surface area contributed by atoms with Crippen LogP contribution >= 0.6 is 0 Å². The molecule has 2 nitrogen and oxygen atoms in total. The second kappa shape index (κ2) is 6.06. The fourth-order valence-corrected chi connectivity index (χ4v) is 0.597. The van der Waals surface area contributed by atoms with E-state index in [1.54, 1.807) is 12.2 Å². The van der Waals surface area contributed by atoms with E-state index >= 15 is 0 Å². The molecule has 0 radical (unpaired) electrons. The zero-order valence-electron chi connectivity index (χ0n) is 5.96. The van der Waals surface area contributed by atoms with Crippen molar-refractivity contribution in [2.75, 3.05) is 6.54 Å². The quantitative estimate of drug-likeness (QED) is 0.591. The Bertz CT molecular complexity index is 153. The average Bonchev–Trinajstić information content (AvgIpc) is 1.98. The molecule has 0 saturated heterocycles. The first-order valence-corrected chi connectivity index (χ1v) is 3.22. The molecule has 54 valence electrons. The second-order valence-corrected chi connectivity index (χ2v) is 1.92. The van der Waals surface area contributed by atoms with E-state index in [0.29, 0.717) is 13.0 Å². The molecule has 0 saturated carbocycles. The molecule has 0 amide bonds. The molecule has 0 aromatic heterocycles. The number of rotatable bonds is 4. The summed E-state index contributed by atoms with van der Waals surface area (Å²) < 4.78 is 0. The van der Waals surface area contributed by atoms with Crippen molar-refractivity contribution in [2.24, 2.45) is 11.7 Å². The van der Waals surface area contributed by atoms with Crippen molar-refractivity contribution in [1.29, 1.82) is 5.26 Å². The standard InChI is InChI=1S/C8H12N2/c1-2-4-8(7-10)5-3-6-9/h2-3,5,8H,1,4,6,9H2/b5-3-. The van der Waals surface area contributed by atoms with Gasteiger partial charge < -0.3 is 5.73 Å². The summed E-state index contributed by atoms with van der Waals surface area (Å²) in [6.45, 7) is 4.04. The predicted molar refractivity (Wildman–Crippen MR) is 42.1 cm³/mol. The first-order chi connectivity index (χ1) is 4.85. The molecule has 10 heavy (non-hydrogen) atoms. The number of nitrogens with two attached hydrogens (primary N) is 1. The van der Waals surface area contributed by atoms with Crippen LogP contribution in [0.15, 0.2) is 24.8 Å². The molecular formula is C8H12N2. The van der Waals surface area contributed by atoms with Gasteiger partial charge in [-0.25, -0.2) is 0 Å². The smallest absolute Gasteiger partial charge is 0.0700 e. The second-order valence-electron chi connectivity index (χ2n) is 1.92. The zero-order valence-corrected chi connectivity index (χ0v) is 5.96. The average molecular weight is 136 g/mol. The van der Waals surface area contributed by atoms with E-state index in [1.165, 1.54) is 0 Å². The Morgan fingerprint density at radius 2 is 2.40 bits per heavy atom. The lowest BCUT2D eigenvalue weighted by molar-refractivity contribution is 0.845. The normalized spacial score (nSPS) is 12.8. The molecule has 0 aromatic carbocycles. The van der Waals surface area contributed by atoms with E-state index in [4.69, 9.17) is 11.0 Å². The fraction of sp³-hybridized carbons (Fsp3) is 0.375. The van der Waals surface area contributed by atoms with E-state index < -0.39 is 0 Å². The lowest BCUT2D eigenvalue weighted by atomic mass is 10.1. The Morgan fingerprint density at radius 1 is 1.70 bits per heavy atom. The molecule has 1 unspecified atom stereocenters. The van der Waals surface area contributed by atoms with E-state index in [1.807, 2.05) is 6.08 Å². The van der Waals surface area contributed by atoms with Gasteiger partial charge in [0.25, 0.3) is 0 Å². The van der Waals surface area contributed by atoms with Crippen molar-refractivity contribution < 1.29 is 0 Å². The van der Waals surface area contributed by atoms with Crippen LogP contribution in [-0.2, 0) is 0 Å². The molecule has 0 aliphatic heterocycles. The van der Waals surface area contributed by atoms with Crippen LogP contribution in [0.25, 0.3) is 0 Å². The number of hydrogen-bond donors (Lipinski definition) is 1. The Labute approximate surface area is 61.6 Å². The highest BCUT2D eigenvalue weighted by Gasteiger charge is 1.96. The van der Waals surface area contributed by atoms with E-state index in [0.717, 1.165) is 0 Å². The van der Waals surface area contributed by atoms with E-state index in [9.17, 15) is 0 Å². The molecule has 0 heterocycles. The lowest BCUT2D eigenvalue weighted by Gasteiger charge is -1.95. The maximum Gasteiger partial charge on any atom is 0.0700 e. The molecule has 0 bridgehead atoms. The van der Waals surface area contributed by atoms with E-state index in [-0.39, 0.29) is 5.92 Å². The van der Waals surface area contributed by atoms with Gasteiger partial charge in [0.1, 0.15) is 0 Å². The highest BCUT2D eigenvalue weighted by atomic mass is 14.5. The predicted octanol–water partition coefficient (Wildman–Crippen LogP) is 1.22. The van der Waals surface area contributed by atoms with Crippen molar-refractivity contribution in [3.05, 3.63) is 24.8 Å². The first-order valence-electron chi connectivity index (χ1n) is 3.22. The van der Waals surface area contributed by atoms with Gasteiger partial charge in [-0.05, 0) is 6.42 Å². The molecule has 2 N–H and O–H groups in total. The van der Waals surface area contributed by atoms with Crippen molar-refractivity contribution in [3.8, 4) is 6.07 Å². The third-order valence-electron chi connectivity index (χ3n) is 1.09. The minimum absolute atomic E-state index is 0.0546. The summed E-state index contributed by atoms with van der Waals surface area (Å²) in [7, 11) is 0. The summed E-state index contributed by atoms with van der Waals surface area (Å²) in [4.78, 5) is 0. The number of allylic oxidation sites excluding steroid dienone is 2. The Hall–Kier alpha value is -1.07. The lowest BCUT2D eigenvalue weighted by Crippen LogP contribution is -1.95. The summed E-state index contributed by atoms with van der Waals surface area (Å²) in [5, 5.41) is 8.49. The highest BCUT2D eigenvalue weighted by molar-refractivity contribution is 5.02. The van der Waals surface area contributed by atoms with Gasteiger partial charge in [-0.2, -0.15) is 5.26 Å². The minimum Gasteiger partial charge on any atom is -0.327 e. The zero-order chi connectivity index (χ0) is 7.82. The largest absolute Gasteiger partial charge is 0.327 e. The Morgan fingerprint density at radius 3 is 2.80 bits per heavy atom. The van der Waals surface area contributed by atoms with Gasteiger partial charge in [0, 0.05) is 6.54 Å². The van der Waals surface area contributed by atoms with Crippen LogP contribution in [0, 0.1) is 17.2 Å². The summed E-state index contributed by atoms with van der Waals surface area (Å²) in [5.41, 5.74) is 5.21. The van der Waals surface area contributed by atoms with Crippen LogP contribution in [0.3, 0.4) is 0 Å². The number of nitriles is 1. The summed E-state index contributed by atoms with van der Waals surface area (Å²) >= 11 is 0. The molecule has 0 spiro atoms. The molecule has 2 heteroatoms. The van der Waals surface area contributed by atoms with Gasteiger partial charge in [-0.3, -0.25) is 0 Å². The fourth-order valence-electron chi connectivity index (χ4n) is 0.597. The van der Waals surface area contributed by atoms with Crippen LogP contribution in [0.4, 0.5) is 0 Å².